The van der Waals surface area contributed by atoms with Crippen LogP contribution in [0, 0.1) is 6.07 Å². The fourth-order valence-electron chi connectivity index (χ4n) is 3.54. The summed E-state index contributed by atoms with van der Waals surface area (Å²) in [5, 5.41) is 1.24. The van der Waals surface area contributed by atoms with E-state index in [0.717, 1.165) is 22.5 Å². The molecule has 5 rings (SSSR count). The summed E-state index contributed by atoms with van der Waals surface area (Å²) in [6, 6.07) is 26.1. The average molecular weight is 501 g/mol. The molecule has 1 aromatic heterocycles. The third kappa shape index (κ3) is 2.39. The second kappa shape index (κ2) is 6.11. The number of hydrogen-bond acceptors (Lipinski definition) is 2. The minimum Gasteiger partial charge on any atom is -0.516 e. The predicted octanol–water partition coefficient (Wildman–Crippen LogP) is 5.36. The van der Waals surface area contributed by atoms with Gasteiger partial charge in [-0.05, 0) is 34.0 Å². The Hall–Kier alpha value is -2.48. The maximum Gasteiger partial charge on any atom is 0.0751 e. The molecule has 0 saturated carbocycles. The number of methoxy groups -OCH3 is 1. The monoisotopic (exact) mass is 501 g/mol. The van der Waals surface area contributed by atoms with Crippen molar-refractivity contribution in [3.63, 3.8) is 0 Å². The van der Waals surface area contributed by atoms with E-state index in [1.54, 1.807) is 7.11 Å². The van der Waals surface area contributed by atoms with Crippen LogP contribution in [0.4, 0.5) is 0 Å². The predicted molar refractivity (Wildman–Crippen MR) is 97.0 cm³/mol. The summed E-state index contributed by atoms with van der Waals surface area (Å²) in [6.07, 6.45) is 0. The molecule has 0 spiro atoms. The van der Waals surface area contributed by atoms with Gasteiger partial charge in [-0.15, -0.1) is 29.8 Å². The van der Waals surface area contributed by atoms with Crippen molar-refractivity contribution in [2.24, 2.45) is 0 Å². The van der Waals surface area contributed by atoms with Crippen molar-refractivity contribution in [1.82, 2.24) is 4.98 Å². The standard InChI is InChI=1S/C22H14NO.Ir/c1-24-15-7-4-6-14(12-15)21-13-19-17-9-3-2-8-16(17)18-10-5-11-20(23-21)22(18)19;/h2-5,7-13H,1H3;/q-1;. The molecule has 0 atom stereocenters. The van der Waals surface area contributed by atoms with E-state index in [1.807, 2.05) is 18.2 Å². The number of rotatable bonds is 2. The van der Waals surface area contributed by atoms with Gasteiger partial charge in [-0.25, -0.2) is 0 Å². The van der Waals surface area contributed by atoms with E-state index >= 15 is 0 Å². The first kappa shape index (κ1) is 16.0. The van der Waals surface area contributed by atoms with Gasteiger partial charge in [-0.2, -0.15) is 0 Å². The van der Waals surface area contributed by atoms with Crippen LogP contribution in [-0.4, -0.2) is 12.1 Å². The number of ether oxygens (including phenoxy) is 1. The molecule has 25 heavy (non-hydrogen) atoms. The van der Waals surface area contributed by atoms with Crippen molar-refractivity contribution in [3.05, 3.63) is 72.8 Å². The summed E-state index contributed by atoms with van der Waals surface area (Å²) in [5.74, 6) is 0.816. The molecular weight excluding hydrogens is 486 g/mol. The SMILES string of the molecule is COc1cc[c-]c(-c2cc3c4c(cccc4n2)-c2ccccc2-3)c1.[Ir]. The number of benzene rings is 3. The molecule has 0 unspecified atom stereocenters. The van der Waals surface area contributed by atoms with Crippen LogP contribution in [0.5, 0.6) is 5.75 Å². The van der Waals surface area contributed by atoms with Gasteiger partial charge in [0.2, 0.25) is 0 Å². The number of aromatic nitrogens is 1. The van der Waals surface area contributed by atoms with Gasteiger partial charge in [0.25, 0.3) is 0 Å². The van der Waals surface area contributed by atoms with Gasteiger partial charge in [0.1, 0.15) is 0 Å². The molecule has 0 saturated heterocycles. The summed E-state index contributed by atoms with van der Waals surface area (Å²) >= 11 is 0. The first-order valence-electron chi connectivity index (χ1n) is 7.95. The van der Waals surface area contributed by atoms with Crippen molar-refractivity contribution < 1.29 is 24.8 Å². The number of hydrogen-bond donors (Lipinski definition) is 0. The second-order valence-corrected chi connectivity index (χ2v) is 5.94. The third-order valence-electron chi connectivity index (χ3n) is 4.63. The summed E-state index contributed by atoms with van der Waals surface area (Å²) in [7, 11) is 1.68. The van der Waals surface area contributed by atoms with Crippen LogP contribution in [0.1, 0.15) is 0 Å². The van der Waals surface area contributed by atoms with Crippen molar-refractivity contribution in [1.29, 1.82) is 0 Å². The zero-order valence-corrected chi connectivity index (χ0v) is 15.9. The Kier molecular flexibility index (Phi) is 3.91. The fraction of sp³-hybridized carbons (Fsp3) is 0.0455. The Labute approximate surface area is 159 Å². The molecule has 0 bridgehead atoms. The molecule has 3 aromatic carbocycles. The van der Waals surface area contributed by atoms with Gasteiger partial charge in [0, 0.05) is 31.2 Å². The van der Waals surface area contributed by atoms with Crippen LogP contribution >= 0.6 is 0 Å². The Balaban J connectivity index is 0.00000157. The van der Waals surface area contributed by atoms with Crippen LogP contribution < -0.4 is 4.74 Å². The molecule has 0 N–H and O–H groups in total. The van der Waals surface area contributed by atoms with Crippen molar-refractivity contribution in [2.75, 3.05) is 7.11 Å². The van der Waals surface area contributed by atoms with Gasteiger partial charge in [0.05, 0.1) is 12.6 Å². The molecule has 0 fully saturated rings. The van der Waals surface area contributed by atoms with Crippen molar-refractivity contribution in [2.45, 2.75) is 0 Å². The Morgan fingerprint density at radius 1 is 0.840 bits per heavy atom. The molecule has 1 heterocycles. The Morgan fingerprint density at radius 3 is 2.40 bits per heavy atom. The number of pyridine rings is 1. The van der Waals surface area contributed by atoms with E-state index in [1.165, 1.54) is 27.6 Å². The summed E-state index contributed by atoms with van der Waals surface area (Å²) in [6.45, 7) is 0. The zero-order valence-electron chi connectivity index (χ0n) is 13.5. The molecule has 1 radical (unpaired) electrons. The van der Waals surface area contributed by atoms with Crippen LogP contribution in [0.25, 0.3) is 44.4 Å². The molecule has 123 valence electrons. The quantitative estimate of drug-likeness (QED) is 0.305. The molecule has 1 aliphatic carbocycles. The first-order chi connectivity index (χ1) is 11.8. The third-order valence-corrected chi connectivity index (χ3v) is 4.63. The van der Waals surface area contributed by atoms with E-state index in [4.69, 9.17) is 9.72 Å². The number of nitrogens with zero attached hydrogens (tertiary/aromatic N) is 1. The van der Waals surface area contributed by atoms with Gasteiger partial charge in [-0.3, -0.25) is 4.98 Å². The van der Waals surface area contributed by atoms with Gasteiger partial charge >= 0.3 is 0 Å². The molecule has 0 amide bonds. The number of fused-ring (bicyclic) bond motifs is 3. The molecule has 4 aromatic rings. The normalized spacial score (nSPS) is 11.1. The van der Waals surface area contributed by atoms with Gasteiger partial charge in [-0.1, -0.05) is 42.5 Å². The zero-order chi connectivity index (χ0) is 16.1. The smallest absolute Gasteiger partial charge is 0.0751 e. The summed E-state index contributed by atoms with van der Waals surface area (Å²) in [5.41, 5.74) is 7.96. The second-order valence-electron chi connectivity index (χ2n) is 5.94. The average Bonchev–Trinajstić information content (AvgIpc) is 2.98. The first-order valence-corrected chi connectivity index (χ1v) is 7.95. The van der Waals surface area contributed by atoms with E-state index in [-0.39, 0.29) is 20.1 Å². The molecular formula is C22H14IrNO-. The van der Waals surface area contributed by atoms with Gasteiger partial charge < -0.3 is 4.74 Å². The van der Waals surface area contributed by atoms with E-state index in [2.05, 4.69) is 54.6 Å². The van der Waals surface area contributed by atoms with Gasteiger partial charge in [0.15, 0.2) is 0 Å². The Bertz CT molecular complexity index is 1100. The van der Waals surface area contributed by atoms with E-state index in [9.17, 15) is 0 Å². The maximum absolute atomic E-state index is 5.34. The molecule has 1 aliphatic rings. The minimum absolute atomic E-state index is 0. The van der Waals surface area contributed by atoms with Crippen molar-refractivity contribution >= 4 is 10.9 Å². The van der Waals surface area contributed by atoms with Crippen molar-refractivity contribution in [3.8, 4) is 39.3 Å². The molecule has 2 nitrogen and oxygen atoms in total. The van der Waals surface area contributed by atoms with Crippen LogP contribution in [-0.2, 0) is 20.1 Å². The largest absolute Gasteiger partial charge is 0.516 e. The van der Waals surface area contributed by atoms with Crippen LogP contribution in [0.15, 0.2) is 66.7 Å². The molecule has 0 aliphatic heterocycles. The topological polar surface area (TPSA) is 22.1 Å². The molecule has 3 heteroatoms. The summed E-state index contributed by atoms with van der Waals surface area (Å²) < 4.78 is 5.34. The summed E-state index contributed by atoms with van der Waals surface area (Å²) in [4.78, 5) is 4.88. The minimum atomic E-state index is 0. The maximum atomic E-state index is 5.34. The van der Waals surface area contributed by atoms with E-state index in [0.29, 0.717) is 0 Å². The van der Waals surface area contributed by atoms with E-state index < -0.39 is 0 Å². The Morgan fingerprint density at radius 2 is 1.60 bits per heavy atom. The fourth-order valence-corrected chi connectivity index (χ4v) is 3.54. The van der Waals surface area contributed by atoms with Crippen LogP contribution in [0.2, 0.25) is 0 Å². The van der Waals surface area contributed by atoms with Crippen LogP contribution in [0.3, 0.4) is 0 Å².